The van der Waals surface area contributed by atoms with Crippen LogP contribution in [0.4, 0.5) is 0 Å². The van der Waals surface area contributed by atoms with E-state index in [0.29, 0.717) is 0 Å². The number of carbonyl (C=O) groups excluding carboxylic acids is 1. The zero-order valence-electron chi connectivity index (χ0n) is 14.3. The van der Waals surface area contributed by atoms with E-state index >= 15 is 0 Å². The first-order valence-electron chi connectivity index (χ1n) is 7.18. The lowest BCUT2D eigenvalue weighted by Crippen LogP contribution is -2.72. The highest BCUT2D eigenvalue weighted by molar-refractivity contribution is 9.09. The van der Waals surface area contributed by atoms with Gasteiger partial charge in [0.15, 0.2) is 0 Å². The zero-order chi connectivity index (χ0) is 16.8. The molecule has 0 fully saturated rings. The van der Waals surface area contributed by atoms with E-state index in [-0.39, 0.29) is 21.1 Å². The van der Waals surface area contributed by atoms with E-state index in [9.17, 15) is 4.79 Å². The molecule has 0 saturated heterocycles. The summed E-state index contributed by atoms with van der Waals surface area (Å²) < 4.78 is 5.10. The van der Waals surface area contributed by atoms with Gasteiger partial charge in [0, 0.05) is 16.5 Å². The van der Waals surface area contributed by atoms with Gasteiger partial charge in [-0.3, -0.25) is 4.79 Å². The number of halogens is 2. The molecule has 1 aliphatic rings. The van der Waals surface area contributed by atoms with Crippen molar-refractivity contribution in [2.45, 2.75) is 55.4 Å². The molecule has 0 saturated carbocycles. The normalized spacial score (nSPS) is 29.8. The maximum atomic E-state index is 12.7. The van der Waals surface area contributed by atoms with Crippen molar-refractivity contribution in [2.24, 2.45) is 5.92 Å². The molecule has 0 radical (unpaired) electrons. The first kappa shape index (κ1) is 19.9. The Hall–Kier alpha value is 0.844. The van der Waals surface area contributed by atoms with Crippen LogP contribution in [0, 0.1) is 5.92 Å². The van der Waals surface area contributed by atoms with Crippen molar-refractivity contribution in [1.29, 1.82) is 0 Å². The van der Waals surface area contributed by atoms with E-state index in [0.717, 1.165) is 0 Å². The molecule has 0 aromatic rings. The van der Waals surface area contributed by atoms with E-state index in [4.69, 9.17) is 16.0 Å². The van der Waals surface area contributed by atoms with Crippen LogP contribution in [-0.4, -0.2) is 38.5 Å². The van der Waals surface area contributed by atoms with Crippen molar-refractivity contribution in [3.8, 4) is 0 Å². The summed E-state index contributed by atoms with van der Waals surface area (Å²) in [6.45, 7) is 16.3. The second-order valence-electron chi connectivity index (χ2n) is 7.80. The summed E-state index contributed by atoms with van der Waals surface area (Å²) in [6, 6.07) is 0. The van der Waals surface area contributed by atoms with Crippen LogP contribution in [0.2, 0.25) is 39.3 Å². The molecule has 21 heavy (non-hydrogen) atoms. The Morgan fingerprint density at radius 1 is 1.29 bits per heavy atom. The molecule has 1 rings (SSSR count). The Bertz CT molecular complexity index is 443. The fourth-order valence-electron chi connectivity index (χ4n) is 4.10. The van der Waals surface area contributed by atoms with Gasteiger partial charge in [-0.05, 0) is 12.2 Å². The van der Waals surface area contributed by atoms with Crippen LogP contribution in [0.25, 0.3) is 0 Å². The van der Waals surface area contributed by atoms with Gasteiger partial charge in [0.05, 0.1) is 29.2 Å². The molecule has 0 bridgehead atoms. The number of hydrogen-bond acceptors (Lipinski definition) is 2. The van der Waals surface area contributed by atoms with Gasteiger partial charge in [-0.1, -0.05) is 72.5 Å². The molecule has 0 amide bonds. The fourth-order valence-corrected chi connectivity index (χ4v) is 29.6. The second kappa shape index (κ2) is 6.39. The SMILES string of the molecule is COC(=O)C1C(Br)C=C(C)P(Cl)C1([Si](C)(C)C)[Si](C)(C)C. The van der Waals surface area contributed by atoms with Crippen LogP contribution in [-0.2, 0) is 9.53 Å². The molecule has 1 aliphatic heterocycles. The molecule has 0 aromatic heterocycles. The average Bonchev–Trinajstić information content (AvgIpc) is 2.29. The molecule has 0 aromatic carbocycles. The van der Waals surface area contributed by atoms with E-state index in [2.05, 4.69) is 68.2 Å². The minimum atomic E-state index is -1.74. The molecular weight excluding hydrogens is 403 g/mol. The molecular formula is C14H27BrClO2PSi2. The number of methoxy groups -OCH3 is 1. The first-order valence-corrected chi connectivity index (χ1v) is 17.3. The Morgan fingerprint density at radius 3 is 2.05 bits per heavy atom. The highest BCUT2D eigenvalue weighted by Crippen LogP contribution is 2.72. The molecule has 3 atom stereocenters. The Morgan fingerprint density at radius 2 is 1.71 bits per heavy atom. The van der Waals surface area contributed by atoms with Crippen molar-refractivity contribution in [3.63, 3.8) is 0 Å². The van der Waals surface area contributed by atoms with E-state index in [1.54, 1.807) is 0 Å². The lowest BCUT2D eigenvalue weighted by Gasteiger charge is -2.60. The third-order valence-corrected chi connectivity index (χ3v) is 24.5. The van der Waals surface area contributed by atoms with E-state index < -0.39 is 23.4 Å². The summed E-state index contributed by atoms with van der Waals surface area (Å²) in [5, 5.41) is 1.25. The van der Waals surface area contributed by atoms with E-state index in [1.807, 2.05) is 0 Å². The molecule has 0 aliphatic carbocycles. The summed E-state index contributed by atoms with van der Waals surface area (Å²) in [7, 11) is -2.85. The number of allylic oxidation sites excluding steroid dienone is 2. The van der Waals surface area contributed by atoms with Crippen LogP contribution in [0.1, 0.15) is 6.92 Å². The summed E-state index contributed by atoms with van der Waals surface area (Å²) in [5.41, 5.74) is 0. The quantitative estimate of drug-likeness (QED) is 0.253. The van der Waals surface area contributed by atoms with Gasteiger partial charge in [-0.25, -0.2) is 0 Å². The van der Waals surface area contributed by atoms with E-state index in [1.165, 1.54) is 12.4 Å². The van der Waals surface area contributed by atoms with Crippen molar-refractivity contribution < 1.29 is 9.53 Å². The monoisotopic (exact) mass is 428 g/mol. The summed E-state index contributed by atoms with van der Waals surface area (Å²) in [4.78, 5) is 12.7. The highest BCUT2D eigenvalue weighted by atomic mass is 79.9. The van der Waals surface area contributed by atoms with Gasteiger partial charge >= 0.3 is 5.97 Å². The fraction of sp³-hybridized carbons (Fsp3) is 0.786. The predicted molar refractivity (Wildman–Crippen MR) is 104 cm³/mol. The lowest BCUT2D eigenvalue weighted by molar-refractivity contribution is -0.145. The number of hydrogen-bond donors (Lipinski definition) is 0. The third-order valence-electron chi connectivity index (χ3n) is 4.53. The van der Waals surface area contributed by atoms with Crippen LogP contribution in [0.5, 0.6) is 0 Å². The van der Waals surface area contributed by atoms with Gasteiger partial charge in [0.25, 0.3) is 0 Å². The summed E-state index contributed by atoms with van der Waals surface area (Å²) >= 11 is 10.8. The molecule has 122 valence electrons. The number of rotatable bonds is 3. The van der Waals surface area contributed by atoms with Gasteiger partial charge in [0.2, 0.25) is 0 Å². The third kappa shape index (κ3) is 3.10. The predicted octanol–water partition coefficient (Wildman–Crippen LogP) is 5.59. The standard InChI is InChI=1S/C14H27BrClO2PSi2/c1-10-9-11(15)12(13(17)18-2)14(19(10)16,20(3,4)5)21(6,7)8/h9,11-12H,1-8H3. The van der Waals surface area contributed by atoms with Crippen LogP contribution >= 0.6 is 34.4 Å². The number of alkyl halides is 1. The highest BCUT2D eigenvalue weighted by Gasteiger charge is 2.66. The lowest BCUT2D eigenvalue weighted by atomic mass is 10.1. The second-order valence-corrected chi connectivity index (χ2v) is 23.8. The minimum Gasteiger partial charge on any atom is -0.469 e. The maximum absolute atomic E-state index is 12.7. The Labute approximate surface area is 145 Å². The first-order chi connectivity index (χ1) is 9.32. The molecule has 0 N–H and O–H groups in total. The Kier molecular flexibility index (Phi) is 6.05. The van der Waals surface area contributed by atoms with Crippen molar-refractivity contribution in [3.05, 3.63) is 11.4 Å². The molecule has 2 nitrogen and oxygen atoms in total. The molecule has 3 unspecified atom stereocenters. The number of esters is 1. The van der Waals surface area contributed by atoms with Gasteiger partial charge < -0.3 is 4.74 Å². The molecule has 7 heteroatoms. The average molecular weight is 430 g/mol. The van der Waals surface area contributed by atoms with Gasteiger partial charge in [-0.15, -0.1) is 0 Å². The van der Waals surface area contributed by atoms with Crippen molar-refractivity contribution in [1.82, 2.24) is 0 Å². The Balaban J connectivity index is 3.75. The van der Waals surface area contributed by atoms with Crippen LogP contribution in [0.3, 0.4) is 0 Å². The van der Waals surface area contributed by atoms with Crippen LogP contribution in [0.15, 0.2) is 11.4 Å². The summed E-state index contributed by atoms with van der Waals surface area (Å²) in [5.74, 6) is -0.285. The minimum absolute atomic E-state index is 0.0147. The van der Waals surface area contributed by atoms with Crippen LogP contribution < -0.4 is 0 Å². The molecule has 1 heterocycles. The largest absolute Gasteiger partial charge is 0.469 e. The zero-order valence-corrected chi connectivity index (χ0v) is 19.5. The maximum Gasteiger partial charge on any atom is 0.310 e. The van der Waals surface area contributed by atoms with Crippen molar-refractivity contribution >= 4 is 56.6 Å². The number of ether oxygens (including phenoxy) is 1. The smallest absolute Gasteiger partial charge is 0.310 e. The topological polar surface area (TPSA) is 26.3 Å². The summed E-state index contributed by atoms with van der Waals surface area (Å²) in [6.07, 6.45) is 2.12. The van der Waals surface area contributed by atoms with Gasteiger partial charge in [0.1, 0.15) is 0 Å². The van der Waals surface area contributed by atoms with Crippen molar-refractivity contribution in [2.75, 3.05) is 7.11 Å². The molecule has 0 spiro atoms. The number of carbonyl (C=O) groups is 1. The van der Waals surface area contributed by atoms with Gasteiger partial charge in [-0.2, -0.15) is 0 Å².